The summed E-state index contributed by atoms with van der Waals surface area (Å²) < 4.78 is 7.33. The minimum atomic E-state index is -0.129. The molecule has 0 bridgehead atoms. The van der Waals surface area contributed by atoms with Gasteiger partial charge in [0.15, 0.2) is 0 Å². The van der Waals surface area contributed by atoms with Crippen LogP contribution in [0.15, 0.2) is 59.7 Å². The third-order valence-electron chi connectivity index (χ3n) is 5.17. The van der Waals surface area contributed by atoms with Gasteiger partial charge < -0.3 is 14.2 Å². The van der Waals surface area contributed by atoms with Crippen molar-refractivity contribution in [2.24, 2.45) is 7.05 Å². The molecular formula is C23H23N3O3. The molecule has 0 aliphatic carbocycles. The molecule has 29 heavy (non-hydrogen) atoms. The maximum atomic E-state index is 12.9. The molecule has 4 rings (SSSR count). The van der Waals surface area contributed by atoms with Crippen LogP contribution in [-0.2, 0) is 26.6 Å². The second-order valence-electron chi connectivity index (χ2n) is 7.39. The highest BCUT2D eigenvalue weighted by Gasteiger charge is 2.22. The number of amides is 1. The molecule has 6 nitrogen and oxygen atoms in total. The van der Waals surface area contributed by atoms with E-state index < -0.39 is 0 Å². The van der Waals surface area contributed by atoms with Crippen LogP contribution in [0.5, 0.6) is 5.75 Å². The lowest BCUT2D eigenvalue weighted by molar-refractivity contribution is 0.0733. The number of pyridine rings is 2. The second kappa shape index (κ2) is 7.91. The van der Waals surface area contributed by atoms with Crippen molar-refractivity contribution in [3.63, 3.8) is 0 Å². The summed E-state index contributed by atoms with van der Waals surface area (Å²) in [5.74, 6) is 0.698. The Hall–Kier alpha value is -3.41. The SMILES string of the molecule is Cc1ccc(COc2ccc3c(c2)CN(C(=O)c2ccc(=O)n(C)c2)CC3)nc1. The molecule has 0 unspecified atom stereocenters. The zero-order valence-electron chi connectivity index (χ0n) is 16.6. The van der Waals surface area contributed by atoms with E-state index in [-0.39, 0.29) is 11.5 Å². The summed E-state index contributed by atoms with van der Waals surface area (Å²) in [6, 6.07) is 13.0. The first-order valence-electron chi connectivity index (χ1n) is 9.62. The fourth-order valence-corrected chi connectivity index (χ4v) is 3.44. The minimum absolute atomic E-state index is 0.0681. The van der Waals surface area contributed by atoms with Gasteiger partial charge in [-0.3, -0.25) is 14.6 Å². The molecule has 1 amide bonds. The third-order valence-corrected chi connectivity index (χ3v) is 5.17. The van der Waals surface area contributed by atoms with Crippen molar-refractivity contribution >= 4 is 5.91 Å². The van der Waals surface area contributed by atoms with Gasteiger partial charge in [0, 0.05) is 38.6 Å². The monoisotopic (exact) mass is 389 g/mol. The lowest BCUT2D eigenvalue weighted by Gasteiger charge is -2.29. The van der Waals surface area contributed by atoms with Gasteiger partial charge in [-0.15, -0.1) is 0 Å². The summed E-state index contributed by atoms with van der Waals surface area (Å²) in [6.07, 6.45) is 4.22. The number of fused-ring (bicyclic) bond motifs is 1. The van der Waals surface area contributed by atoms with Crippen molar-refractivity contribution in [2.75, 3.05) is 6.54 Å². The average Bonchev–Trinajstić information content (AvgIpc) is 2.74. The molecule has 1 aromatic carbocycles. The number of hydrogen-bond acceptors (Lipinski definition) is 4. The summed E-state index contributed by atoms with van der Waals surface area (Å²) in [5, 5.41) is 0. The first-order chi connectivity index (χ1) is 14.0. The van der Waals surface area contributed by atoms with Gasteiger partial charge in [-0.05, 0) is 54.3 Å². The zero-order valence-corrected chi connectivity index (χ0v) is 16.6. The molecule has 0 spiro atoms. The van der Waals surface area contributed by atoms with E-state index in [0.717, 1.165) is 29.0 Å². The number of benzene rings is 1. The van der Waals surface area contributed by atoms with E-state index in [2.05, 4.69) is 11.1 Å². The lowest BCUT2D eigenvalue weighted by atomic mass is 9.99. The minimum Gasteiger partial charge on any atom is -0.487 e. The van der Waals surface area contributed by atoms with Crippen molar-refractivity contribution in [3.8, 4) is 5.75 Å². The van der Waals surface area contributed by atoms with Gasteiger partial charge in [0.2, 0.25) is 5.56 Å². The van der Waals surface area contributed by atoms with Crippen molar-refractivity contribution < 1.29 is 9.53 Å². The molecule has 0 radical (unpaired) electrons. The van der Waals surface area contributed by atoms with Crippen LogP contribution in [0.3, 0.4) is 0 Å². The summed E-state index contributed by atoms with van der Waals surface area (Å²) in [6.45, 7) is 3.59. The highest BCUT2D eigenvalue weighted by Crippen LogP contribution is 2.25. The molecule has 0 saturated carbocycles. The maximum absolute atomic E-state index is 12.9. The highest BCUT2D eigenvalue weighted by atomic mass is 16.5. The smallest absolute Gasteiger partial charge is 0.255 e. The van der Waals surface area contributed by atoms with Gasteiger partial charge in [-0.2, -0.15) is 0 Å². The summed E-state index contributed by atoms with van der Waals surface area (Å²) in [4.78, 5) is 30.6. The number of ether oxygens (including phenoxy) is 1. The van der Waals surface area contributed by atoms with Crippen molar-refractivity contribution in [1.29, 1.82) is 0 Å². The standard InChI is InChI=1S/C23H23N3O3/c1-16-3-6-20(24-12-16)15-29-21-7-4-17-9-10-26(14-19(17)11-21)23(28)18-5-8-22(27)25(2)13-18/h3-8,11-13H,9-10,14-15H2,1-2H3. The maximum Gasteiger partial charge on any atom is 0.255 e. The lowest BCUT2D eigenvalue weighted by Crippen LogP contribution is -2.36. The van der Waals surface area contributed by atoms with Gasteiger partial charge >= 0.3 is 0 Å². The van der Waals surface area contributed by atoms with E-state index in [1.807, 2.05) is 42.3 Å². The predicted molar refractivity (Wildman–Crippen MR) is 110 cm³/mol. The molecule has 0 N–H and O–H groups in total. The predicted octanol–water partition coefficient (Wildman–Crippen LogP) is 2.87. The first kappa shape index (κ1) is 18.9. The van der Waals surface area contributed by atoms with Crippen molar-refractivity contribution in [2.45, 2.75) is 26.5 Å². The fraction of sp³-hybridized carbons (Fsp3) is 0.261. The normalized spacial score (nSPS) is 13.1. The van der Waals surface area contributed by atoms with Crippen LogP contribution >= 0.6 is 0 Å². The zero-order chi connectivity index (χ0) is 20.4. The number of nitrogens with zero attached hydrogens (tertiary/aromatic N) is 3. The molecule has 0 fully saturated rings. The van der Waals surface area contributed by atoms with Crippen LogP contribution in [-0.4, -0.2) is 26.9 Å². The molecule has 0 saturated heterocycles. The molecule has 3 aromatic rings. The topological polar surface area (TPSA) is 64.4 Å². The largest absolute Gasteiger partial charge is 0.487 e. The van der Waals surface area contributed by atoms with E-state index in [9.17, 15) is 9.59 Å². The molecule has 3 heterocycles. The average molecular weight is 389 g/mol. The van der Waals surface area contributed by atoms with E-state index >= 15 is 0 Å². The Morgan fingerprint density at radius 2 is 2.00 bits per heavy atom. The summed E-state index contributed by atoms with van der Waals surface area (Å²) in [7, 11) is 1.65. The third kappa shape index (κ3) is 4.21. The Bertz CT molecular complexity index is 1100. The Labute approximate surface area is 169 Å². The number of hydrogen-bond donors (Lipinski definition) is 0. The molecule has 6 heteroatoms. The Kier molecular flexibility index (Phi) is 5.16. The van der Waals surface area contributed by atoms with Crippen LogP contribution < -0.4 is 10.3 Å². The van der Waals surface area contributed by atoms with Gasteiger partial charge in [0.25, 0.3) is 5.91 Å². The van der Waals surface area contributed by atoms with Gasteiger partial charge in [-0.25, -0.2) is 0 Å². The Balaban J connectivity index is 1.47. The molecule has 2 aromatic heterocycles. The summed E-state index contributed by atoms with van der Waals surface area (Å²) >= 11 is 0. The van der Waals surface area contributed by atoms with Crippen molar-refractivity contribution in [1.82, 2.24) is 14.5 Å². The molecular weight excluding hydrogens is 366 g/mol. The number of carbonyl (C=O) groups is 1. The van der Waals surface area contributed by atoms with E-state index in [1.165, 1.54) is 16.2 Å². The molecule has 0 atom stereocenters. The molecule has 148 valence electrons. The van der Waals surface area contributed by atoms with Crippen LogP contribution in [0.2, 0.25) is 0 Å². The van der Waals surface area contributed by atoms with E-state index in [1.54, 1.807) is 19.3 Å². The van der Waals surface area contributed by atoms with E-state index in [0.29, 0.717) is 25.3 Å². The quantitative estimate of drug-likeness (QED) is 0.688. The van der Waals surface area contributed by atoms with Gasteiger partial charge in [0.1, 0.15) is 12.4 Å². The van der Waals surface area contributed by atoms with Gasteiger partial charge in [-0.1, -0.05) is 12.1 Å². The van der Waals surface area contributed by atoms with E-state index in [4.69, 9.17) is 4.74 Å². The summed E-state index contributed by atoms with van der Waals surface area (Å²) in [5.41, 5.74) is 4.70. The number of aryl methyl sites for hydroxylation is 2. The molecule has 1 aliphatic rings. The van der Waals surface area contributed by atoms with Crippen LogP contribution in [0.25, 0.3) is 0 Å². The first-order valence-corrected chi connectivity index (χ1v) is 9.62. The second-order valence-corrected chi connectivity index (χ2v) is 7.39. The van der Waals surface area contributed by atoms with Crippen molar-refractivity contribution in [3.05, 3.63) is 93.2 Å². The number of aromatic nitrogens is 2. The van der Waals surface area contributed by atoms with Crippen LogP contribution in [0.4, 0.5) is 0 Å². The van der Waals surface area contributed by atoms with Crippen LogP contribution in [0, 0.1) is 6.92 Å². The highest BCUT2D eigenvalue weighted by molar-refractivity contribution is 5.94. The van der Waals surface area contributed by atoms with Crippen LogP contribution in [0.1, 0.15) is 32.7 Å². The Morgan fingerprint density at radius 1 is 1.14 bits per heavy atom. The Morgan fingerprint density at radius 3 is 2.76 bits per heavy atom. The molecule has 1 aliphatic heterocycles. The van der Waals surface area contributed by atoms with Gasteiger partial charge in [0.05, 0.1) is 11.3 Å². The number of rotatable bonds is 4. The fourth-order valence-electron chi connectivity index (χ4n) is 3.44. The number of carbonyl (C=O) groups excluding carboxylic acids is 1.